The first kappa shape index (κ1) is 14.1. The zero-order valence-corrected chi connectivity index (χ0v) is 8.81. The molecule has 8 heteroatoms. The molecule has 0 atom stereocenters. The lowest BCUT2D eigenvalue weighted by molar-refractivity contribution is -0.0485. The average molecular weight is 258 g/mol. The van der Waals surface area contributed by atoms with Crippen molar-refractivity contribution in [2.75, 3.05) is 0 Å². The largest absolute Gasteiger partial charge is 0.478 e. The minimum Gasteiger partial charge on any atom is -0.478 e. The SMILES string of the molecule is O=C(O)c1cc(C(=O)O)c(C(O)O)cc1C(O)O. The molecule has 0 aliphatic rings. The maximum Gasteiger partial charge on any atom is 0.336 e. The quantitative estimate of drug-likeness (QED) is 0.377. The van der Waals surface area contributed by atoms with Gasteiger partial charge in [-0.15, -0.1) is 0 Å². The standard InChI is InChI=1S/C10H10O8/c11-7(12)3-1-4(8(13)14)6(10(17)18)2-5(3)9(15)16/h1-2,7-8,11-14H,(H,15,16)(H,17,18). The first-order chi connectivity index (χ1) is 8.25. The molecule has 0 aromatic heterocycles. The number of benzene rings is 1. The molecule has 0 aliphatic carbocycles. The Kier molecular flexibility index (Phi) is 3.99. The fourth-order valence-electron chi connectivity index (χ4n) is 1.43. The topological polar surface area (TPSA) is 156 Å². The van der Waals surface area contributed by atoms with Crippen LogP contribution in [0.2, 0.25) is 0 Å². The minimum absolute atomic E-state index is 0.532. The van der Waals surface area contributed by atoms with Crippen molar-refractivity contribution in [1.82, 2.24) is 0 Å². The lowest BCUT2D eigenvalue weighted by atomic mass is 9.97. The van der Waals surface area contributed by atoms with Crippen molar-refractivity contribution >= 4 is 11.9 Å². The van der Waals surface area contributed by atoms with Gasteiger partial charge in [-0.25, -0.2) is 9.59 Å². The van der Waals surface area contributed by atoms with Crippen molar-refractivity contribution in [3.8, 4) is 0 Å². The Balaban J connectivity index is 3.60. The highest BCUT2D eigenvalue weighted by atomic mass is 16.5. The molecular weight excluding hydrogens is 248 g/mol. The summed E-state index contributed by atoms with van der Waals surface area (Å²) in [5, 5.41) is 53.5. The van der Waals surface area contributed by atoms with Gasteiger partial charge >= 0.3 is 11.9 Å². The molecule has 8 nitrogen and oxygen atoms in total. The highest BCUT2D eigenvalue weighted by Crippen LogP contribution is 2.25. The Hall–Kier alpha value is -2.00. The first-order valence-corrected chi connectivity index (χ1v) is 4.62. The maximum atomic E-state index is 10.8. The summed E-state index contributed by atoms with van der Waals surface area (Å²) in [6, 6.07) is 1.34. The van der Waals surface area contributed by atoms with Crippen LogP contribution in [0.1, 0.15) is 44.4 Å². The van der Waals surface area contributed by atoms with Crippen LogP contribution in [0.5, 0.6) is 0 Å². The summed E-state index contributed by atoms with van der Waals surface area (Å²) < 4.78 is 0. The second kappa shape index (κ2) is 5.10. The molecule has 0 fully saturated rings. The van der Waals surface area contributed by atoms with Gasteiger partial charge in [0.05, 0.1) is 11.1 Å². The summed E-state index contributed by atoms with van der Waals surface area (Å²) in [7, 11) is 0. The van der Waals surface area contributed by atoms with Crippen molar-refractivity contribution in [1.29, 1.82) is 0 Å². The molecule has 0 unspecified atom stereocenters. The second-order valence-electron chi connectivity index (χ2n) is 3.38. The molecule has 0 amide bonds. The lowest BCUT2D eigenvalue weighted by Gasteiger charge is -2.14. The van der Waals surface area contributed by atoms with Gasteiger partial charge < -0.3 is 30.6 Å². The third kappa shape index (κ3) is 2.63. The monoisotopic (exact) mass is 258 g/mol. The third-order valence-electron chi connectivity index (χ3n) is 2.24. The van der Waals surface area contributed by atoms with E-state index in [4.69, 9.17) is 30.6 Å². The van der Waals surface area contributed by atoms with Crippen molar-refractivity contribution in [3.63, 3.8) is 0 Å². The molecule has 0 radical (unpaired) electrons. The predicted molar refractivity (Wildman–Crippen MR) is 54.7 cm³/mol. The highest BCUT2D eigenvalue weighted by molar-refractivity contribution is 5.96. The van der Waals surface area contributed by atoms with Gasteiger partial charge in [0.1, 0.15) is 0 Å². The highest BCUT2D eigenvalue weighted by Gasteiger charge is 2.24. The van der Waals surface area contributed by atoms with Crippen molar-refractivity contribution in [2.24, 2.45) is 0 Å². The summed E-state index contributed by atoms with van der Waals surface area (Å²) in [5.41, 5.74) is -2.36. The Bertz CT molecular complexity index is 450. The molecule has 0 heterocycles. The molecule has 0 saturated carbocycles. The third-order valence-corrected chi connectivity index (χ3v) is 2.24. The van der Waals surface area contributed by atoms with E-state index < -0.39 is 46.8 Å². The minimum atomic E-state index is -2.18. The van der Waals surface area contributed by atoms with Gasteiger partial charge in [0, 0.05) is 11.1 Å². The number of hydrogen-bond acceptors (Lipinski definition) is 6. The first-order valence-electron chi connectivity index (χ1n) is 4.62. The fraction of sp³-hybridized carbons (Fsp3) is 0.200. The zero-order valence-electron chi connectivity index (χ0n) is 8.81. The van der Waals surface area contributed by atoms with Gasteiger partial charge in [-0.2, -0.15) is 0 Å². The normalized spacial score (nSPS) is 11.0. The van der Waals surface area contributed by atoms with Gasteiger partial charge in [0.15, 0.2) is 12.6 Å². The molecule has 1 aromatic rings. The van der Waals surface area contributed by atoms with Crippen LogP contribution in [-0.4, -0.2) is 42.6 Å². The van der Waals surface area contributed by atoms with Crippen molar-refractivity contribution in [2.45, 2.75) is 12.6 Å². The Labute approximate surface area is 100.0 Å². The smallest absolute Gasteiger partial charge is 0.336 e. The Morgan fingerprint density at radius 1 is 0.778 bits per heavy atom. The fourth-order valence-corrected chi connectivity index (χ4v) is 1.43. The number of aliphatic hydroxyl groups is 4. The van der Waals surface area contributed by atoms with Crippen LogP contribution in [0, 0.1) is 0 Å². The second-order valence-corrected chi connectivity index (χ2v) is 3.38. The molecule has 0 saturated heterocycles. The van der Waals surface area contributed by atoms with Gasteiger partial charge in [-0.05, 0) is 12.1 Å². The van der Waals surface area contributed by atoms with Crippen LogP contribution < -0.4 is 0 Å². The van der Waals surface area contributed by atoms with E-state index in [0.29, 0.717) is 12.1 Å². The van der Waals surface area contributed by atoms with Crippen LogP contribution in [0.25, 0.3) is 0 Å². The van der Waals surface area contributed by atoms with Crippen molar-refractivity contribution < 1.29 is 40.2 Å². The number of carboxylic acids is 2. The van der Waals surface area contributed by atoms with E-state index in [9.17, 15) is 9.59 Å². The molecule has 0 aliphatic heterocycles. The molecule has 1 rings (SSSR count). The van der Waals surface area contributed by atoms with Crippen molar-refractivity contribution in [3.05, 3.63) is 34.4 Å². The number of hydrogen-bond donors (Lipinski definition) is 6. The molecular formula is C10H10O8. The molecule has 0 bridgehead atoms. The number of carbonyl (C=O) groups is 2. The van der Waals surface area contributed by atoms with E-state index in [0.717, 1.165) is 0 Å². The number of carboxylic acid groups (broad SMARTS) is 2. The van der Waals surface area contributed by atoms with Gasteiger partial charge in [0.25, 0.3) is 0 Å². The van der Waals surface area contributed by atoms with E-state index in [-0.39, 0.29) is 0 Å². The molecule has 18 heavy (non-hydrogen) atoms. The van der Waals surface area contributed by atoms with Gasteiger partial charge in [-0.1, -0.05) is 0 Å². The summed E-state index contributed by atoms with van der Waals surface area (Å²) >= 11 is 0. The number of aliphatic hydroxyl groups excluding tert-OH is 2. The van der Waals surface area contributed by atoms with Crippen LogP contribution in [-0.2, 0) is 0 Å². The maximum absolute atomic E-state index is 10.8. The molecule has 1 aromatic carbocycles. The Morgan fingerprint density at radius 3 is 1.33 bits per heavy atom. The summed E-state index contributed by atoms with van der Waals surface area (Å²) in [6.45, 7) is 0. The lowest BCUT2D eigenvalue weighted by Crippen LogP contribution is -2.14. The molecule has 6 N–H and O–H groups in total. The van der Waals surface area contributed by atoms with Crippen LogP contribution in [0.3, 0.4) is 0 Å². The van der Waals surface area contributed by atoms with E-state index in [2.05, 4.69) is 0 Å². The van der Waals surface area contributed by atoms with Gasteiger partial charge in [-0.3, -0.25) is 0 Å². The van der Waals surface area contributed by atoms with E-state index >= 15 is 0 Å². The van der Waals surface area contributed by atoms with E-state index in [1.165, 1.54) is 0 Å². The van der Waals surface area contributed by atoms with E-state index in [1.807, 2.05) is 0 Å². The molecule has 0 spiro atoms. The Morgan fingerprint density at radius 2 is 1.11 bits per heavy atom. The average Bonchev–Trinajstić information content (AvgIpc) is 2.26. The van der Waals surface area contributed by atoms with Gasteiger partial charge in [0.2, 0.25) is 0 Å². The van der Waals surface area contributed by atoms with E-state index in [1.54, 1.807) is 0 Å². The number of rotatable bonds is 4. The van der Waals surface area contributed by atoms with Crippen LogP contribution in [0.15, 0.2) is 12.1 Å². The summed E-state index contributed by atoms with van der Waals surface area (Å²) in [5.74, 6) is -3.14. The summed E-state index contributed by atoms with van der Waals surface area (Å²) in [4.78, 5) is 21.7. The predicted octanol–water partition coefficient (Wildman–Crippen LogP) is -0.951. The van der Waals surface area contributed by atoms with Crippen LogP contribution >= 0.6 is 0 Å². The van der Waals surface area contributed by atoms with Crippen LogP contribution in [0.4, 0.5) is 0 Å². The number of aromatic carboxylic acids is 2. The summed E-state index contributed by atoms with van der Waals surface area (Å²) in [6.07, 6.45) is -4.37. The molecule has 98 valence electrons. The zero-order chi connectivity index (χ0) is 14.0.